The standard InChI is InChI=1S/C25H19FN8O/c1-34(2)16-8-14(11-27-12-16)19-3-4-20-22(29-19)23(33-32-20)25-30-21-18(5-6-28-24(21)31-25)13-7-15(26)10-17(35)9-13/h3-12,35H,1-2H3,(H,32,33)(H,28,30,31). The molecule has 35 heavy (non-hydrogen) atoms. The third kappa shape index (κ3) is 3.61. The predicted octanol–water partition coefficient (Wildman–Crippen LogP) is 4.54. The average Bonchev–Trinajstić information content (AvgIpc) is 3.47. The second kappa shape index (κ2) is 7.87. The Kier molecular flexibility index (Phi) is 4.66. The molecule has 0 unspecified atom stereocenters. The van der Waals surface area contributed by atoms with Gasteiger partial charge in [-0.25, -0.2) is 19.3 Å². The van der Waals surface area contributed by atoms with Crippen molar-refractivity contribution in [2.75, 3.05) is 19.0 Å². The molecule has 6 rings (SSSR count). The van der Waals surface area contributed by atoms with Crippen molar-refractivity contribution in [1.29, 1.82) is 0 Å². The number of H-pyrrole nitrogens is 2. The number of aromatic hydroxyl groups is 1. The molecule has 0 saturated carbocycles. The fraction of sp³-hybridized carbons (Fsp3) is 0.0800. The van der Waals surface area contributed by atoms with E-state index in [0.29, 0.717) is 39.3 Å². The van der Waals surface area contributed by atoms with Crippen LogP contribution >= 0.6 is 0 Å². The minimum absolute atomic E-state index is 0.160. The highest BCUT2D eigenvalue weighted by Gasteiger charge is 2.18. The zero-order valence-corrected chi connectivity index (χ0v) is 18.8. The predicted molar refractivity (Wildman–Crippen MR) is 131 cm³/mol. The molecule has 0 saturated heterocycles. The molecular weight excluding hydrogens is 447 g/mol. The maximum atomic E-state index is 13.9. The molecule has 10 heteroatoms. The number of phenolic OH excluding ortho intramolecular Hbond substituents is 1. The van der Waals surface area contributed by atoms with E-state index in [2.05, 4.69) is 30.1 Å². The molecule has 3 N–H and O–H groups in total. The molecule has 6 aromatic rings. The van der Waals surface area contributed by atoms with E-state index in [1.54, 1.807) is 24.7 Å². The van der Waals surface area contributed by atoms with Gasteiger partial charge in [0.15, 0.2) is 17.2 Å². The van der Waals surface area contributed by atoms with Crippen molar-refractivity contribution in [1.82, 2.24) is 35.1 Å². The van der Waals surface area contributed by atoms with Gasteiger partial charge in [-0.3, -0.25) is 10.1 Å². The quantitative estimate of drug-likeness (QED) is 0.349. The van der Waals surface area contributed by atoms with E-state index in [4.69, 9.17) is 4.98 Å². The first-order valence-electron chi connectivity index (χ1n) is 10.8. The number of fused-ring (bicyclic) bond motifs is 2. The number of pyridine rings is 3. The van der Waals surface area contributed by atoms with Crippen LogP contribution in [0.1, 0.15) is 0 Å². The number of hydrogen-bond acceptors (Lipinski definition) is 7. The van der Waals surface area contributed by atoms with Crippen molar-refractivity contribution in [3.05, 3.63) is 66.9 Å². The summed E-state index contributed by atoms with van der Waals surface area (Å²) in [7, 11) is 3.92. The van der Waals surface area contributed by atoms with E-state index in [1.165, 1.54) is 12.1 Å². The zero-order valence-electron chi connectivity index (χ0n) is 18.8. The van der Waals surface area contributed by atoms with Crippen LogP contribution in [0.25, 0.3) is 56.1 Å². The normalized spacial score (nSPS) is 11.4. The van der Waals surface area contributed by atoms with Gasteiger partial charge in [0.1, 0.15) is 17.1 Å². The van der Waals surface area contributed by atoms with Gasteiger partial charge in [0.2, 0.25) is 0 Å². The van der Waals surface area contributed by atoms with Gasteiger partial charge in [0.05, 0.1) is 28.6 Å². The maximum absolute atomic E-state index is 13.9. The number of rotatable bonds is 4. The zero-order chi connectivity index (χ0) is 24.1. The molecule has 0 spiro atoms. The fourth-order valence-electron chi connectivity index (χ4n) is 4.03. The van der Waals surface area contributed by atoms with Gasteiger partial charge in [0, 0.05) is 43.7 Å². The fourth-order valence-corrected chi connectivity index (χ4v) is 4.03. The first-order chi connectivity index (χ1) is 17.0. The number of nitrogens with one attached hydrogen (secondary N) is 2. The molecule has 1 aromatic carbocycles. The Bertz CT molecular complexity index is 1700. The molecule has 172 valence electrons. The summed E-state index contributed by atoms with van der Waals surface area (Å²) >= 11 is 0. The molecule has 0 aliphatic carbocycles. The second-order valence-electron chi connectivity index (χ2n) is 8.33. The van der Waals surface area contributed by atoms with Crippen LogP contribution in [0.15, 0.2) is 61.1 Å². The van der Waals surface area contributed by atoms with Crippen molar-refractivity contribution in [3.8, 4) is 39.7 Å². The summed E-state index contributed by atoms with van der Waals surface area (Å²) in [6.45, 7) is 0. The Morgan fingerprint density at radius 3 is 2.69 bits per heavy atom. The van der Waals surface area contributed by atoms with Crippen LogP contribution in [0, 0.1) is 5.82 Å². The van der Waals surface area contributed by atoms with E-state index in [-0.39, 0.29) is 5.75 Å². The average molecular weight is 466 g/mol. The first kappa shape index (κ1) is 20.7. The Morgan fingerprint density at radius 1 is 0.971 bits per heavy atom. The Morgan fingerprint density at radius 2 is 1.86 bits per heavy atom. The summed E-state index contributed by atoms with van der Waals surface area (Å²) in [4.78, 5) is 23.4. The summed E-state index contributed by atoms with van der Waals surface area (Å²) in [5.41, 5.74) is 6.73. The van der Waals surface area contributed by atoms with E-state index < -0.39 is 5.82 Å². The summed E-state index contributed by atoms with van der Waals surface area (Å²) in [6, 6.07) is 11.5. The molecule has 0 aliphatic heterocycles. The number of imidazole rings is 1. The minimum Gasteiger partial charge on any atom is -0.508 e. The molecule has 0 bridgehead atoms. The molecular formula is C25H19FN8O. The van der Waals surface area contributed by atoms with Crippen LogP contribution in [-0.4, -0.2) is 54.3 Å². The number of nitrogens with zero attached hydrogens (tertiary/aromatic N) is 6. The smallest absolute Gasteiger partial charge is 0.178 e. The molecule has 9 nitrogen and oxygen atoms in total. The lowest BCUT2D eigenvalue weighted by Crippen LogP contribution is -2.08. The summed E-state index contributed by atoms with van der Waals surface area (Å²) in [5, 5.41) is 17.3. The Labute approximate surface area is 198 Å². The Hall–Kier alpha value is -4.86. The van der Waals surface area contributed by atoms with Gasteiger partial charge in [-0.1, -0.05) is 0 Å². The SMILES string of the molecule is CN(C)c1cncc(-c2ccc3[nH]nc(-c4nc5nccc(-c6cc(O)cc(F)c6)c5[nH]4)c3n2)c1. The number of benzene rings is 1. The van der Waals surface area contributed by atoms with Crippen molar-refractivity contribution < 1.29 is 9.50 Å². The van der Waals surface area contributed by atoms with Gasteiger partial charge in [-0.2, -0.15) is 5.10 Å². The second-order valence-corrected chi connectivity index (χ2v) is 8.33. The first-order valence-corrected chi connectivity index (χ1v) is 10.8. The highest BCUT2D eigenvalue weighted by Crippen LogP contribution is 2.32. The maximum Gasteiger partial charge on any atom is 0.178 e. The number of hydrogen-bond donors (Lipinski definition) is 3. The summed E-state index contributed by atoms with van der Waals surface area (Å²) in [6.07, 6.45) is 5.16. The van der Waals surface area contributed by atoms with E-state index in [9.17, 15) is 9.50 Å². The van der Waals surface area contributed by atoms with Crippen LogP contribution in [-0.2, 0) is 0 Å². The molecule has 0 amide bonds. The molecule has 5 aromatic heterocycles. The van der Waals surface area contributed by atoms with Gasteiger partial charge in [-0.05, 0) is 42.0 Å². The monoisotopic (exact) mass is 466 g/mol. The van der Waals surface area contributed by atoms with Crippen molar-refractivity contribution in [2.24, 2.45) is 0 Å². The van der Waals surface area contributed by atoms with Crippen LogP contribution < -0.4 is 4.90 Å². The van der Waals surface area contributed by atoms with Gasteiger partial charge >= 0.3 is 0 Å². The lowest BCUT2D eigenvalue weighted by Gasteiger charge is -2.12. The van der Waals surface area contributed by atoms with Crippen LogP contribution in [0.4, 0.5) is 10.1 Å². The van der Waals surface area contributed by atoms with Crippen molar-refractivity contribution in [3.63, 3.8) is 0 Å². The van der Waals surface area contributed by atoms with Crippen molar-refractivity contribution in [2.45, 2.75) is 0 Å². The summed E-state index contributed by atoms with van der Waals surface area (Å²) in [5.74, 6) is -0.225. The highest BCUT2D eigenvalue weighted by molar-refractivity contribution is 5.95. The van der Waals surface area contributed by atoms with Crippen LogP contribution in [0.2, 0.25) is 0 Å². The highest BCUT2D eigenvalue weighted by atomic mass is 19.1. The van der Waals surface area contributed by atoms with Gasteiger partial charge in [0.25, 0.3) is 0 Å². The van der Waals surface area contributed by atoms with E-state index in [1.807, 2.05) is 37.2 Å². The molecule has 0 aliphatic rings. The topological polar surface area (TPSA) is 120 Å². The minimum atomic E-state index is -0.535. The lowest BCUT2D eigenvalue weighted by molar-refractivity contribution is 0.469. The number of aromatic amines is 2. The third-order valence-electron chi connectivity index (χ3n) is 5.75. The largest absolute Gasteiger partial charge is 0.508 e. The molecule has 0 atom stereocenters. The molecule has 0 fully saturated rings. The van der Waals surface area contributed by atoms with Crippen molar-refractivity contribution >= 4 is 27.9 Å². The summed E-state index contributed by atoms with van der Waals surface area (Å²) < 4.78 is 13.9. The lowest BCUT2D eigenvalue weighted by atomic mass is 10.1. The number of phenols is 1. The van der Waals surface area contributed by atoms with Crippen LogP contribution in [0.5, 0.6) is 5.75 Å². The number of aromatic nitrogens is 7. The Balaban J connectivity index is 1.48. The number of anilines is 1. The van der Waals surface area contributed by atoms with E-state index in [0.717, 1.165) is 28.5 Å². The molecule has 5 heterocycles. The van der Waals surface area contributed by atoms with E-state index >= 15 is 0 Å². The molecule has 0 radical (unpaired) electrons. The van der Waals surface area contributed by atoms with Gasteiger partial charge < -0.3 is 15.0 Å². The van der Waals surface area contributed by atoms with Crippen LogP contribution in [0.3, 0.4) is 0 Å². The third-order valence-corrected chi connectivity index (χ3v) is 5.75. The number of halogens is 1. The van der Waals surface area contributed by atoms with Gasteiger partial charge in [-0.15, -0.1) is 0 Å².